The number of hydrogen-bond donors (Lipinski definition) is 6. The van der Waals surface area contributed by atoms with Crippen LogP contribution in [0.2, 0.25) is 0 Å². The average molecular weight is 700 g/mol. The third kappa shape index (κ3) is 8.76. The predicted molar refractivity (Wildman–Crippen MR) is 201 cm³/mol. The van der Waals surface area contributed by atoms with Crippen molar-refractivity contribution in [1.29, 1.82) is 16.2 Å². The van der Waals surface area contributed by atoms with Crippen molar-refractivity contribution in [3.8, 4) is 11.5 Å². The normalized spacial score (nSPS) is 17.1. The van der Waals surface area contributed by atoms with Crippen molar-refractivity contribution in [2.75, 3.05) is 31.1 Å². The summed E-state index contributed by atoms with van der Waals surface area (Å²) in [5, 5.41) is 37.5. The molecule has 2 atom stereocenters. The molecule has 264 valence electrons. The highest BCUT2D eigenvalue weighted by Crippen LogP contribution is 2.35. The molecule has 3 aromatic carbocycles. The number of allylic oxidation sites excluding steroid dienone is 1. The number of likely N-dealkylation sites (tertiary alicyclic amines) is 1. The van der Waals surface area contributed by atoms with Crippen molar-refractivity contribution in [3.05, 3.63) is 94.8 Å². The minimum atomic E-state index is -0.384. The SMILES string of the molecule is CCC(NC=O)C(=N)POc1cc(F)c(N2CCC(N3CCC(c4ccc(/C(=C/C(=N)c5ccccc5O)C(=N)N)cc4)CC3)CC2)cc1C. The van der Waals surface area contributed by atoms with Crippen LogP contribution in [0.25, 0.3) is 5.57 Å². The summed E-state index contributed by atoms with van der Waals surface area (Å²) < 4.78 is 21.1. The number of aryl methyl sites for hydroxylation is 1. The van der Waals surface area contributed by atoms with Crippen molar-refractivity contribution < 1.29 is 18.8 Å². The summed E-state index contributed by atoms with van der Waals surface area (Å²) >= 11 is 0. The summed E-state index contributed by atoms with van der Waals surface area (Å²) in [6.07, 6.45) is 6.73. The van der Waals surface area contributed by atoms with Gasteiger partial charge in [0.1, 0.15) is 32.0 Å². The van der Waals surface area contributed by atoms with E-state index in [9.17, 15) is 9.90 Å². The van der Waals surface area contributed by atoms with E-state index < -0.39 is 0 Å². The molecule has 50 heavy (non-hydrogen) atoms. The Morgan fingerprint density at radius 3 is 2.36 bits per heavy atom. The fourth-order valence-electron chi connectivity index (χ4n) is 6.91. The highest BCUT2D eigenvalue weighted by atomic mass is 31.1. The van der Waals surface area contributed by atoms with Crippen LogP contribution in [0.4, 0.5) is 10.1 Å². The maximum absolute atomic E-state index is 15.3. The second-order valence-corrected chi connectivity index (χ2v) is 13.9. The standard InChI is InChI=1S/C38H47FN7O3P/c1-3-33(44-23-47)38(43)50-49-36-22-31(39)34(20-24(36)2)46-18-14-28(15-19-46)45-16-12-26(13-17-45)25-8-10-27(11-9-25)30(37(41)42)21-32(40)29-6-4-5-7-35(29)48/h4-11,20-23,26,28,33,40,43,48,50H,3,12-19H2,1-2H3,(H3,41,42)(H,44,47)/b30-21-,40-32?,43-38?. The Balaban J connectivity index is 1.12. The maximum atomic E-state index is 15.3. The molecule has 7 N–H and O–H groups in total. The van der Waals surface area contributed by atoms with Crippen LogP contribution in [0.3, 0.4) is 0 Å². The fraction of sp³-hybridized carbons (Fsp3) is 0.368. The number of carbonyl (C=O) groups is 1. The van der Waals surface area contributed by atoms with Gasteiger partial charge in [-0.05, 0) is 99.0 Å². The van der Waals surface area contributed by atoms with Crippen molar-refractivity contribution in [1.82, 2.24) is 10.2 Å². The number of benzene rings is 3. The first-order chi connectivity index (χ1) is 24.1. The van der Waals surface area contributed by atoms with Gasteiger partial charge in [0.15, 0.2) is 0 Å². The maximum Gasteiger partial charge on any atom is 0.207 e. The summed E-state index contributed by atoms with van der Waals surface area (Å²) in [6, 6.07) is 18.1. The number of amides is 1. The number of hydrogen-bond acceptors (Lipinski definition) is 8. The fourth-order valence-corrected chi connectivity index (χ4v) is 7.78. The van der Waals surface area contributed by atoms with Crippen LogP contribution in [0, 0.1) is 29.0 Å². The first-order valence-electron chi connectivity index (χ1n) is 17.1. The second kappa shape index (κ2) is 16.9. The third-order valence-electron chi connectivity index (χ3n) is 9.86. The summed E-state index contributed by atoms with van der Waals surface area (Å²) in [5.41, 5.74) is 10.5. The minimum Gasteiger partial charge on any atom is -0.507 e. The van der Waals surface area contributed by atoms with Crippen LogP contribution < -0.4 is 20.5 Å². The molecule has 3 aromatic rings. The lowest BCUT2D eigenvalue weighted by Gasteiger charge is -2.42. The van der Waals surface area contributed by atoms with Gasteiger partial charge >= 0.3 is 0 Å². The molecule has 2 saturated heterocycles. The van der Waals surface area contributed by atoms with Gasteiger partial charge in [-0.2, -0.15) is 0 Å². The molecule has 5 rings (SSSR count). The summed E-state index contributed by atoms with van der Waals surface area (Å²) in [5.74, 6) is 0.399. The van der Waals surface area contributed by atoms with E-state index >= 15 is 4.39 Å². The molecule has 2 heterocycles. The highest BCUT2D eigenvalue weighted by Gasteiger charge is 2.30. The van der Waals surface area contributed by atoms with Crippen molar-refractivity contribution in [2.24, 2.45) is 5.73 Å². The Labute approximate surface area is 295 Å². The molecule has 2 aliphatic rings. The van der Waals surface area contributed by atoms with Gasteiger partial charge < -0.3 is 35.9 Å². The van der Waals surface area contributed by atoms with Gasteiger partial charge in [-0.25, -0.2) is 4.39 Å². The van der Waals surface area contributed by atoms with Gasteiger partial charge in [-0.3, -0.25) is 15.6 Å². The van der Waals surface area contributed by atoms with Crippen LogP contribution >= 0.6 is 8.81 Å². The number of para-hydroxylation sites is 1. The number of anilines is 1. The Morgan fingerprint density at radius 1 is 1.06 bits per heavy atom. The smallest absolute Gasteiger partial charge is 0.207 e. The number of phenolic OH excluding ortho intramolecular Hbond substituents is 1. The molecule has 0 radical (unpaired) electrons. The Kier molecular flexibility index (Phi) is 12.4. The van der Waals surface area contributed by atoms with Gasteiger partial charge in [0.2, 0.25) is 6.41 Å². The lowest BCUT2D eigenvalue weighted by molar-refractivity contribution is -0.109. The van der Waals surface area contributed by atoms with Crippen LogP contribution in [-0.2, 0) is 4.79 Å². The molecule has 2 fully saturated rings. The van der Waals surface area contributed by atoms with E-state index in [0.29, 0.717) is 47.4 Å². The number of phenols is 1. The van der Waals surface area contributed by atoms with Crippen molar-refractivity contribution in [3.63, 3.8) is 0 Å². The summed E-state index contributed by atoms with van der Waals surface area (Å²) in [4.78, 5) is 15.5. The van der Waals surface area contributed by atoms with Crippen LogP contribution in [0.5, 0.6) is 11.5 Å². The molecule has 0 saturated carbocycles. The van der Waals surface area contributed by atoms with E-state index in [1.807, 2.05) is 32.0 Å². The molecule has 2 aliphatic heterocycles. The first kappa shape index (κ1) is 36.7. The number of amidine groups is 1. The largest absolute Gasteiger partial charge is 0.507 e. The van der Waals surface area contributed by atoms with E-state index in [-0.39, 0.29) is 43.4 Å². The van der Waals surface area contributed by atoms with E-state index in [1.165, 1.54) is 23.8 Å². The van der Waals surface area contributed by atoms with E-state index in [1.54, 1.807) is 18.2 Å². The Morgan fingerprint density at radius 2 is 1.74 bits per heavy atom. The number of carbonyl (C=O) groups excluding carboxylic acids is 1. The molecule has 2 unspecified atom stereocenters. The number of nitrogens with zero attached hydrogens (tertiary/aromatic N) is 2. The molecular formula is C38H47FN7O3P. The molecule has 0 aromatic heterocycles. The Bertz CT molecular complexity index is 1730. The number of piperidine rings is 2. The second-order valence-electron chi connectivity index (χ2n) is 13.0. The quantitative estimate of drug-likeness (QED) is 0.0484. The van der Waals surface area contributed by atoms with Crippen LogP contribution in [0.15, 0.2) is 66.7 Å². The Hall–Kier alpha value is -4.60. The lowest BCUT2D eigenvalue weighted by Crippen LogP contribution is -2.47. The molecule has 0 bridgehead atoms. The number of nitrogens with one attached hydrogen (secondary N) is 4. The van der Waals surface area contributed by atoms with Crippen LogP contribution in [0.1, 0.15) is 67.2 Å². The zero-order valence-corrected chi connectivity index (χ0v) is 29.6. The highest BCUT2D eigenvalue weighted by molar-refractivity contribution is 7.54. The minimum absolute atomic E-state index is 0.0109. The van der Waals surface area contributed by atoms with Crippen molar-refractivity contribution >= 4 is 43.5 Å². The lowest BCUT2D eigenvalue weighted by atomic mass is 9.87. The molecule has 10 nitrogen and oxygen atoms in total. The number of aromatic hydroxyl groups is 1. The van der Waals surface area contributed by atoms with E-state index in [0.717, 1.165) is 63.0 Å². The number of rotatable bonds is 14. The average Bonchev–Trinajstić information content (AvgIpc) is 3.13. The monoisotopic (exact) mass is 699 g/mol. The topological polar surface area (TPSA) is 163 Å². The third-order valence-corrected chi connectivity index (χ3v) is 10.7. The van der Waals surface area contributed by atoms with Gasteiger partial charge in [-0.15, -0.1) is 0 Å². The van der Waals surface area contributed by atoms with E-state index in [2.05, 4.69) is 27.2 Å². The van der Waals surface area contributed by atoms with Gasteiger partial charge in [0.25, 0.3) is 0 Å². The molecule has 1 amide bonds. The molecule has 12 heteroatoms. The van der Waals surface area contributed by atoms with Gasteiger partial charge in [0.05, 0.1) is 22.9 Å². The zero-order valence-electron chi connectivity index (χ0n) is 28.6. The van der Waals surface area contributed by atoms with E-state index in [4.69, 9.17) is 26.5 Å². The zero-order chi connectivity index (χ0) is 35.8. The number of nitrogens with two attached hydrogens (primary N) is 1. The van der Waals surface area contributed by atoms with Gasteiger partial charge in [-0.1, -0.05) is 43.3 Å². The first-order valence-corrected chi connectivity index (χ1v) is 18.0. The van der Waals surface area contributed by atoms with Crippen molar-refractivity contribution in [2.45, 2.75) is 64.0 Å². The molecule has 0 spiro atoms. The van der Waals surface area contributed by atoms with Gasteiger partial charge in [0, 0.05) is 36.3 Å². The van der Waals surface area contributed by atoms with Crippen LogP contribution in [-0.4, -0.2) is 71.7 Å². The summed E-state index contributed by atoms with van der Waals surface area (Å²) in [7, 11) is -0.298. The molecular weight excluding hydrogens is 652 g/mol. The predicted octanol–water partition coefficient (Wildman–Crippen LogP) is 6.55. The molecule has 0 aliphatic carbocycles. The number of halogens is 1. The summed E-state index contributed by atoms with van der Waals surface area (Å²) in [6.45, 7) is 7.33.